The number of aryl methyl sites for hydroxylation is 2. The summed E-state index contributed by atoms with van der Waals surface area (Å²) in [6.45, 7) is 3.77. The number of nitriles is 1. The molecule has 0 bridgehead atoms. The van der Waals surface area contributed by atoms with Crippen molar-refractivity contribution in [1.82, 2.24) is 0 Å². The highest BCUT2D eigenvalue weighted by Gasteiger charge is 2.16. The molecule has 0 spiro atoms. The van der Waals surface area contributed by atoms with Crippen molar-refractivity contribution in [2.45, 2.75) is 18.7 Å². The molecule has 0 amide bonds. The quantitative estimate of drug-likeness (QED) is 0.851. The van der Waals surface area contributed by atoms with Crippen LogP contribution < -0.4 is 10.5 Å². The Kier molecular flexibility index (Phi) is 3.87. The zero-order chi connectivity index (χ0) is 15.6. The van der Waals surface area contributed by atoms with Crippen molar-refractivity contribution in [1.29, 1.82) is 5.26 Å². The lowest BCUT2D eigenvalue weighted by Crippen LogP contribution is -2.14. The third-order valence-corrected chi connectivity index (χ3v) is 4.58. The number of nitrogens with zero attached hydrogens (tertiary/aromatic N) is 1. The van der Waals surface area contributed by atoms with Crippen LogP contribution in [0.15, 0.2) is 41.3 Å². The van der Waals surface area contributed by atoms with Gasteiger partial charge in [0.25, 0.3) is 10.0 Å². The van der Waals surface area contributed by atoms with Crippen molar-refractivity contribution < 1.29 is 8.42 Å². The van der Waals surface area contributed by atoms with Crippen LogP contribution in [0.25, 0.3) is 0 Å². The monoisotopic (exact) mass is 301 g/mol. The van der Waals surface area contributed by atoms with Crippen molar-refractivity contribution >= 4 is 21.4 Å². The normalized spacial score (nSPS) is 10.9. The molecule has 0 saturated heterocycles. The fourth-order valence-corrected chi connectivity index (χ4v) is 2.98. The maximum Gasteiger partial charge on any atom is 0.261 e. The molecular formula is C15H15N3O2S. The van der Waals surface area contributed by atoms with Crippen LogP contribution in [0.2, 0.25) is 0 Å². The van der Waals surface area contributed by atoms with Gasteiger partial charge in [-0.15, -0.1) is 0 Å². The summed E-state index contributed by atoms with van der Waals surface area (Å²) in [7, 11) is -3.71. The van der Waals surface area contributed by atoms with Crippen LogP contribution in [0, 0.1) is 25.2 Å². The van der Waals surface area contributed by atoms with Crippen LogP contribution in [0.3, 0.4) is 0 Å². The van der Waals surface area contributed by atoms with Crippen molar-refractivity contribution in [3.05, 3.63) is 53.1 Å². The molecule has 108 valence electrons. The summed E-state index contributed by atoms with van der Waals surface area (Å²) < 4.78 is 27.1. The second-order valence-corrected chi connectivity index (χ2v) is 6.45. The summed E-state index contributed by atoms with van der Waals surface area (Å²) in [5.41, 5.74) is 8.52. The Morgan fingerprint density at radius 2 is 1.81 bits per heavy atom. The molecule has 2 aromatic rings. The van der Waals surface area contributed by atoms with Crippen molar-refractivity contribution in [2.24, 2.45) is 0 Å². The molecular weight excluding hydrogens is 286 g/mol. The van der Waals surface area contributed by atoms with E-state index in [4.69, 9.17) is 11.0 Å². The molecule has 2 rings (SSSR count). The predicted molar refractivity (Wildman–Crippen MR) is 82.3 cm³/mol. The molecule has 5 nitrogen and oxygen atoms in total. The number of benzene rings is 2. The van der Waals surface area contributed by atoms with E-state index in [1.807, 2.05) is 19.9 Å². The molecule has 0 atom stereocenters. The van der Waals surface area contributed by atoms with Gasteiger partial charge in [-0.25, -0.2) is 8.42 Å². The van der Waals surface area contributed by atoms with Crippen molar-refractivity contribution in [3.63, 3.8) is 0 Å². The summed E-state index contributed by atoms with van der Waals surface area (Å²) in [4.78, 5) is 0.175. The molecule has 0 aliphatic rings. The summed E-state index contributed by atoms with van der Waals surface area (Å²) >= 11 is 0. The lowest BCUT2D eigenvalue weighted by molar-refractivity contribution is 0.601. The number of anilines is 2. The summed E-state index contributed by atoms with van der Waals surface area (Å²) in [5, 5.41) is 8.78. The van der Waals surface area contributed by atoms with Crippen molar-refractivity contribution in [3.8, 4) is 6.07 Å². The Balaban J connectivity index is 2.37. The maximum absolute atomic E-state index is 12.3. The largest absolute Gasteiger partial charge is 0.397 e. The minimum Gasteiger partial charge on any atom is -0.397 e. The molecule has 0 unspecified atom stereocenters. The summed E-state index contributed by atoms with van der Waals surface area (Å²) in [6, 6.07) is 11.3. The van der Waals surface area contributed by atoms with Crippen LogP contribution in [0.5, 0.6) is 0 Å². The molecule has 0 heterocycles. The van der Waals surface area contributed by atoms with Gasteiger partial charge in [0.2, 0.25) is 0 Å². The first kappa shape index (κ1) is 14.9. The molecule has 0 fully saturated rings. The van der Waals surface area contributed by atoms with E-state index in [2.05, 4.69) is 4.72 Å². The Hall–Kier alpha value is -2.52. The Bertz CT molecular complexity index is 836. The van der Waals surface area contributed by atoms with Gasteiger partial charge >= 0.3 is 0 Å². The van der Waals surface area contributed by atoms with E-state index in [0.29, 0.717) is 5.56 Å². The molecule has 0 radical (unpaired) electrons. The van der Waals surface area contributed by atoms with Gasteiger partial charge in [0.15, 0.2) is 0 Å². The average molecular weight is 301 g/mol. The van der Waals surface area contributed by atoms with Gasteiger partial charge < -0.3 is 5.73 Å². The number of nitrogen functional groups attached to an aromatic ring is 1. The van der Waals surface area contributed by atoms with Crippen LogP contribution in [-0.4, -0.2) is 8.42 Å². The standard InChI is InChI=1S/C15H15N3O2S/c1-10-3-5-13(7-11(10)2)21(19,20)18-15-6-4-12(9-16)8-14(15)17/h3-8,18H,17H2,1-2H3. The maximum atomic E-state index is 12.3. The Labute approximate surface area is 124 Å². The van der Waals surface area contributed by atoms with Crippen molar-refractivity contribution in [2.75, 3.05) is 10.5 Å². The van der Waals surface area contributed by atoms with E-state index >= 15 is 0 Å². The number of nitrogens with two attached hydrogens (primary N) is 1. The molecule has 0 aliphatic heterocycles. The van der Waals surface area contributed by atoms with Gasteiger partial charge in [-0.3, -0.25) is 4.72 Å². The summed E-state index contributed by atoms with van der Waals surface area (Å²) in [5.74, 6) is 0. The second-order valence-electron chi connectivity index (χ2n) is 4.77. The van der Waals surface area contributed by atoms with Gasteiger partial charge in [-0.1, -0.05) is 6.07 Å². The highest BCUT2D eigenvalue weighted by molar-refractivity contribution is 7.92. The molecule has 2 aromatic carbocycles. The van der Waals surface area contributed by atoms with E-state index in [1.165, 1.54) is 18.2 Å². The van der Waals surface area contributed by atoms with Gasteiger partial charge in [0.05, 0.1) is 27.9 Å². The zero-order valence-corrected chi connectivity index (χ0v) is 12.5. The van der Waals surface area contributed by atoms with E-state index in [-0.39, 0.29) is 16.3 Å². The molecule has 0 saturated carbocycles. The second kappa shape index (κ2) is 5.46. The van der Waals surface area contributed by atoms with Gasteiger partial charge in [-0.2, -0.15) is 5.26 Å². The van der Waals surface area contributed by atoms with Crippen LogP contribution in [0.4, 0.5) is 11.4 Å². The third-order valence-electron chi connectivity index (χ3n) is 3.21. The number of hydrogen-bond acceptors (Lipinski definition) is 4. The van der Waals surface area contributed by atoms with Gasteiger partial charge in [0.1, 0.15) is 0 Å². The van der Waals surface area contributed by atoms with E-state index in [1.54, 1.807) is 18.2 Å². The minimum absolute atomic E-state index is 0.175. The average Bonchev–Trinajstić information content (AvgIpc) is 2.43. The fraction of sp³-hybridized carbons (Fsp3) is 0.133. The first-order chi connectivity index (χ1) is 9.83. The first-order valence-electron chi connectivity index (χ1n) is 6.23. The molecule has 0 aliphatic carbocycles. The third kappa shape index (κ3) is 3.15. The molecule has 0 aromatic heterocycles. The predicted octanol–water partition coefficient (Wildman–Crippen LogP) is 2.56. The highest BCUT2D eigenvalue weighted by Crippen LogP contribution is 2.24. The van der Waals surface area contributed by atoms with E-state index in [0.717, 1.165) is 11.1 Å². The topological polar surface area (TPSA) is 96.0 Å². The Morgan fingerprint density at radius 3 is 2.38 bits per heavy atom. The van der Waals surface area contributed by atoms with E-state index < -0.39 is 10.0 Å². The lowest BCUT2D eigenvalue weighted by atomic mass is 10.1. The minimum atomic E-state index is -3.71. The van der Waals surface area contributed by atoms with Crippen LogP contribution >= 0.6 is 0 Å². The lowest BCUT2D eigenvalue weighted by Gasteiger charge is -2.11. The number of rotatable bonds is 3. The summed E-state index contributed by atoms with van der Waals surface area (Å²) in [6.07, 6.45) is 0. The smallest absolute Gasteiger partial charge is 0.261 e. The number of nitrogens with one attached hydrogen (secondary N) is 1. The SMILES string of the molecule is Cc1ccc(S(=O)(=O)Nc2ccc(C#N)cc2N)cc1C. The van der Waals surface area contributed by atoms with E-state index in [9.17, 15) is 8.42 Å². The molecule has 6 heteroatoms. The first-order valence-corrected chi connectivity index (χ1v) is 7.71. The van der Waals surface area contributed by atoms with Crippen LogP contribution in [0.1, 0.15) is 16.7 Å². The van der Waals surface area contributed by atoms with Gasteiger partial charge in [-0.05, 0) is 55.3 Å². The molecule has 3 N–H and O–H groups in total. The molecule has 21 heavy (non-hydrogen) atoms. The van der Waals surface area contributed by atoms with Gasteiger partial charge in [0, 0.05) is 0 Å². The van der Waals surface area contributed by atoms with Crippen LogP contribution in [-0.2, 0) is 10.0 Å². The zero-order valence-electron chi connectivity index (χ0n) is 11.7. The highest BCUT2D eigenvalue weighted by atomic mass is 32.2. The Morgan fingerprint density at radius 1 is 1.10 bits per heavy atom. The number of sulfonamides is 1. The fourth-order valence-electron chi connectivity index (χ4n) is 1.81. The number of hydrogen-bond donors (Lipinski definition) is 2.